The molecule has 1 atom stereocenters. The van der Waals surface area contributed by atoms with Crippen molar-refractivity contribution in [2.45, 2.75) is 9.96 Å². The van der Waals surface area contributed by atoms with Gasteiger partial charge in [-0.2, -0.15) is 8.42 Å². The van der Waals surface area contributed by atoms with Gasteiger partial charge >= 0.3 is 0 Å². The lowest BCUT2D eigenvalue weighted by molar-refractivity contribution is 0.475. The summed E-state index contributed by atoms with van der Waals surface area (Å²) in [4.78, 5) is 0. The van der Waals surface area contributed by atoms with E-state index >= 15 is 0 Å². The third kappa shape index (κ3) is 2.90. The van der Waals surface area contributed by atoms with Crippen molar-refractivity contribution in [3.63, 3.8) is 0 Å². The molecule has 0 aromatic rings. The summed E-state index contributed by atoms with van der Waals surface area (Å²) in [5, 5.41) is 0. The molecule has 0 saturated carbocycles. The second-order valence-electron chi connectivity index (χ2n) is 2.09. The summed E-state index contributed by atoms with van der Waals surface area (Å²) in [6.07, 6.45) is -0.0309. The lowest BCUT2D eigenvalue weighted by Gasteiger charge is -2.15. The van der Waals surface area contributed by atoms with Crippen LogP contribution in [0.5, 0.6) is 0 Å². The Labute approximate surface area is 105 Å². The molecule has 13 heavy (non-hydrogen) atoms. The minimum absolute atomic E-state index is 0. The largest absolute Gasteiger partial charge is 0.295 e. The van der Waals surface area contributed by atoms with E-state index in [4.69, 9.17) is 27.8 Å². The molecule has 3 nitrogen and oxygen atoms in total. The molecular formula is C4H4BrCl3O3S2. The van der Waals surface area contributed by atoms with Crippen LogP contribution < -0.4 is 0 Å². The molecule has 0 amide bonds. The Hall–Kier alpha value is 1.35. The van der Waals surface area contributed by atoms with Crippen molar-refractivity contribution < 1.29 is 13.0 Å². The molecule has 0 spiro atoms. The zero-order chi connectivity index (χ0) is 9.57. The summed E-state index contributed by atoms with van der Waals surface area (Å²) < 4.78 is 29.2. The van der Waals surface area contributed by atoms with Crippen LogP contribution in [0.1, 0.15) is 6.42 Å². The van der Waals surface area contributed by atoms with Crippen molar-refractivity contribution in [2.24, 2.45) is 0 Å². The molecule has 1 heterocycles. The third-order valence-electron chi connectivity index (χ3n) is 1.21. The van der Waals surface area contributed by atoms with Crippen LogP contribution in [0.25, 0.3) is 0 Å². The van der Waals surface area contributed by atoms with Crippen LogP contribution in [0.3, 0.4) is 0 Å². The molecule has 0 aromatic heterocycles. The van der Waals surface area contributed by atoms with Gasteiger partial charge in [0.15, 0.2) is 0 Å². The predicted molar refractivity (Wildman–Crippen MR) is 61.4 cm³/mol. The molecule has 1 N–H and O–H groups in total. The van der Waals surface area contributed by atoms with Crippen LogP contribution in [-0.2, 0) is 10.1 Å². The van der Waals surface area contributed by atoms with Gasteiger partial charge < -0.3 is 0 Å². The maximum atomic E-state index is 10.7. The molecule has 0 saturated heterocycles. The quantitative estimate of drug-likeness (QED) is 0.583. The summed E-state index contributed by atoms with van der Waals surface area (Å²) >= 11 is 14.9. The number of halogens is 4. The molecule has 0 fully saturated rings. The van der Waals surface area contributed by atoms with Crippen molar-refractivity contribution in [2.75, 3.05) is 0 Å². The number of thioether (sulfide) groups is 1. The summed E-state index contributed by atoms with van der Waals surface area (Å²) in [7, 11) is -4.30. The van der Waals surface area contributed by atoms with Gasteiger partial charge in [0.1, 0.15) is 0 Å². The van der Waals surface area contributed by atoms with Crippen LogP contribution in [0.2, 0.25) is 0 Å². The van der Waals surface area contributed by atoms with E-state index in [1.807, 2.05) is 0 Å². The normalized spacial score (nSPS) is 28.9. The van der Waals surface area contributed by atoms with Crippen LogP contribution in [-0.4, -0.2) is 16.5 Å². The summed E-state index contributed by atoms with van der Waals surface area (Å²) in [6, 6.07) is 0. The zero-order valence-corrected chi connectivity index (χ0v) is 11.4. The highest BCUT2D eigenvalue weighted by Gasteiger charge is 2.48. The highest BCUT2D eigenvalue weighted by molar-refractivity contribution is 9.11. The highest BCUT2D eigenvalue weighted by Crippen LogP contribution is 2.54. The van der Waals surface area contributed by atoms with E-state index in [1.165, 1.54) is 0 Å². The lowest BCUT2D eigenvalue weighted by Crippen LogP contribution is -2.25. The maximum absolute atomic E-state index is 10.7. The first-order chi connectivity index (χ1) is 5.26. The fourth-order valence-electron chi connectivity index (χ4n) is 0.624. The standard InChI is InChI=1S/C4H3BrCl2O3S2.ClH/c5-2-1-4(7,11-3(2)6)12(8,9)10;/h1H2,(H,8,9,10);1H. The number of alkyl halides is 1. The fourth-order valence-corrected chi connectivity index (χ4v) is 4.57. The van der Waals surface area contributed by atoms with Crippen LogP contribution in [0, 0.1) is 0 Å². The Morgan fingerprint density at radius 1 is 1.62 bits per heavy atom. The van der Waals surface area contributed by atoms with Crippen LogP contribution in [0.15, 0.2) is 8.85 Å². The molecular weight excluding hydrogens is 346 g/mol. The Bertz CT molecular complexity index is 325. The molecule has 1 unspecified atom stereocenters. The Kier molecular flexibility index (Phi) is 4.93. The van der Waals surface area contributed by atoms with E-state index in [0.29, 0.717) is 16.2 Å². The lowest BCUT2D eigenvalue weighted by atomic mass is 10.5. The minimum Gasteiger partial charge on any atom is -0.284 e. The van der Waals surface area contributed by atoms with Crippen molar-refractivity contribution in [1.29, 1.82) is 0 Å². The average molecular weight is 350 g/mol. The molecule has 0 aliphatic carbocycles. The first kappa shape index (κ1) is 14.3. The van der Waals surface area contributed by atoms with E-state index in [9.17, 15) is 8.42 Å². The van der Waals surface area contributed by atoms with E-state index in [-0.39, 0.29) is 23.2 Å². The van der Waals surface area contributed by atoms with Crippen molar-refractivity contribution in [3.05, 3.63) is 8.85 Å². The first-order valence-corrected chi connectivity index (χ1v) is 6.46. The van der Waals surface area contributed by atoms with Gasteiger partial charge in [0.05, 0.1) is 4.36 Å². The number of rotatable bonds is 1. The Balaban J connectivity index is 0.00000144. The van der Waals surface area contributed by atoms with E-state index < -0.39 is 13.7 Å². The van der Waals surface area contributed by atoms with E-state index in [2.05, 4.69) is 15.9 Å². The van der Waals surface area contributed by atoms with E-state index in [0.717, 1.165) is 0 Å². The van der Waals surface area contributed by atoms with Gasteiger partial charge in [-0.15, -0.1) is 12.4 Å². The number of hydrogen-bond acceptors (Lipinski definition) is 3. The monoisotopic (exact) mass is 348 g/mol. The van der Waals surface area contributed by atoms with Gasteiger partial charge in [0, 0.05) is 10.9 Å². The van der Waals surface area contributed by atoms with Crippen molar-refractivity contribution >= 4 is 73.4 Å². The number of allylic oxidation sites excluding steroid dienone is 1. The molecule has 1 aliphatic rings. The summed E-state index contributed by atoms with van der Waals surface area (Å²) in [5.74, 6) is 0. The maximum Gasteiger partial charge on any atom is 0.295 e. The molecule has 1 aliphatic heterocycles. The smallest absolute Gasteiger partial charge is 0.284 e. The molecule has 0 aromatic carbocycles. The second-order valence-corrected chi connectivity index (χ2v) is 7.96. The molecule has 0 radical (unpaired) electrons. The minimum atomic E-state index is -4.30. The first-order valence-electron chi connectivity index (χ1n) is 2.65. The fraction of sp³-hybridized carbons (Fsp3) is 0.500. The summed E-state index contributed by atoms with van der Waals surface area (Å²) in [6.45, 7) is 0. The SMILES string of the molecule is Cl.O=S(=O)(O)C1(Cl)CC(Br)=C(Cl)S1. The van der Waals surface area contributed by atoms with Gasteiger partial charge in [-0.25, -0.2) is 0 Å². The van der Waals surface area contributed by atoms with Crippen LogP contribution >= 0.6 is 63.3 Å². The van der Waals surface area contributed by atoms with Gasteiger partial charge in [-0.1, -0.05) is 50.9 Å². The summed E-state index contributed by atoms with van der Waals surface area (Å²) in [5.41, 5.74) is 0. The topological polar surface area (TPSA) is 54.4 Å². The average Bonchev–Trinajstić information content (AvgIpc) is 2.06. The zero-order valence-electron chi connectivity index (χ0n) is 5.83. The van der Waals surface area contributed by atoms with Gasteiger partial charge in [-0.05, 0) is 0 Å². The van der Waals surface area contributed by atoms with Crippen LogP contribution in [0.4, 0.5) is 0 Å². The van der Waals surface area contributed by atoms with Gasteiger partial charge in [-0.3, -0.25) is 4.55 Å². The number of hydrogen-bond donors (Lipinski definition) is 1. The molecule has 0 bridgehead atoms. The Morgan fingerprint density at radius 2 is 2.08 bits per heavy atom. The molecule has 9 heteroatoms. The van der Waals surface area contributed by atoms with Crippen molar-refractivity contribution in [3.8, 4) is 0 Å². The second kappa shape index (κ2) is 4.47. The predicted octanol–water partition coefficient (Wildman–Crippen LogP) is 3.13. The third-order valence-corrected chi connectivity index (χ3v) is 6.46. The molecule has 1 rings (SSSR count). The van der Waals surface area contributed by atoms with Crippen molar-refractivity contribution in [1.82, 2.24) is 0 Å². The van der Waals surface area contributed by atoms with Gasteiger partial charge in [0.2, 0.25) is 3.54 Å². The van der Waals surface area contributed by atoms with Gasteiger partial charge in [0.25, 0.3) is 10.1 Å². The highest BCUT2D eigenvalue weighted by atomic mass is 79.9. The molecule has 78 valence electrons. The van der Waals surface area contributed by atoms with E-state index in [1.54, 1.807) is 0 Å². The Morgan fingerprint density at radius 3 is 2.23 bits per heavy atom.